The van der Waals surface area contributed by atoms with Crippen molar-refractivity contribution < 1.29 is 33.3 Å². The molecule has 0 aliphatic carbocycles. The van der Waals surface area contributed by atoms with Crippen LogP contribution in [0, 0.1) is 0 Å². The maximum Gasteiger partial charge on any atom is 0.293 e. The van der Waals surface area contributed by atoms with Crippen LogP contribution in [0.4, 0.5) is 4.79 Å². The Morgan fingerprint density at radius 1 is 1.15 bits per heavy atom. The lowest BCUT2D eigenvalue weighted by Gasteiger charge is -2.14. The Morgan fingerprint density at radius 2 is 1.97 bits per heavy atom. The molecule has 2 aliphatic rings. The fourth-order valence-corrected chi connectivity index (χ4v) is 4.18. The maximum absolute atomic E-state index is 12.7. The largest absolute Gasteiger partial charge is 0.493 e. The van der Waals surface area contributed by atoms with Gasteiger partial charge in [-0.3, -0.25) is 19.3 Å². The van der Waals surface area contributed by atoms with E-state index in [0.29, 0.717) is 40.1 Å². The van der Waals surface area contributed by atoms with Crippen molar-refractivity contribution >= 4 is 34.9 Å². The van der Waals surface area contributed by atoms with Crippen LogP contribution in [-0.4, -0.2) is 55.6 Å². The van der Waals surface area contributed by atoms with Crippen molar-refractivity contribution in [3.8, 4) is 23.0 Å². The Balaban J connectivity index is 1.36. The van der Waals surface area contributed by atoms with Crippen LogP contribution < -0.4 is 24.3 Å². The molecule has 2 aliphatic heterocycles. The average Bonchev–Trinajstić information content (AvgIpc) is 3.38. The van der Waals surface area contributed by atoms with Crippen molar-refractivity contribution in [3.63, 3.8) is 0 Å². The SMILES string of the molecule is CCOc1cc(C(=O)NCCN2C(=O)S/C(=C\c3ccc4c(c3)OCO4)C2=O)ccc1OC. The molecule has 1 N–H and O–H groups in total. The number of carbonyl (C=O) groups is 3. The molecule has 0 spiro atoms. The lowest BCUT2D eigenvalue weighted by molar-refractivity contribution is -0.122. The molecule has 10 heteroatoms. The molecular formula is C23H22N2O7S. The minimum absolute atomic E-state index is 0.0589. The fourth-order valence-electron chi connectivity index (χ4n) is 3.32. The summed E-state index contributed by atoms with van der Waals surface area (Å²) >= 11 is 0.860. The van der Waals surface area contributed by atoms with Crippen molar-refractivity contribution in [1.29, 1.82) is 0 Å². The minimum Gasteiger partial charge on any atom is -0.493 e. The fraction of sp³-hybridized carbons (Fsp3) is 0.261. The standard InChI is InChI=1S/C23H22N2O7S/c1-3-30-19-12-15(5-7-16(19)29-2)21(26)24-8-9-25-22(27)20(33-23(25)28)11-14-4-6-17-18(10-14)32-13-31-17/h4-7,10-12H,3,8-9,13H2,1-2H3,(H,24,26)/b20-11-. The Bertz CT molecular complexity index is 1130. The lowest BCUT2D eigenvalue weighted by Crippen LogP contribution is -2.37. The third-order valence-electron chi connectivity index (χ3n) is 4.91. The summed E-state index contributed by atoms with van der Waals surface area (Å²) < 4.78 is 21.3. The van der Waals surface area contributed by atoms with Gasteiger partial charge in [0.25, 0.3) is 17.1 Å². The number of methoxy groups -OCH3 is 1. The molecule has 1 saturated heterocycles. The summed E-state index contributed by atoms with van der Waals surface area (Å²) in [6.45, 7) is 2.60. The number of fused-ring (bicyclic) bond motifs is 1. The first-order chi connectivity index (χ1) is 16.0. The van der Waals surface area contributed by atoms with Crippen molar-refractivity contribution in [1.82, 2.24) is 10.2 Å². The molecule has 0 aromatic heterocycles. The molecular weight excluding hydrogens is 448 g/mol. The molecule has 0 unspecified atom stereocenters. The first kappa shape index (κ1) is 22.5. The van der Waals surface area contributed by atoms with Crippen molar-refractivity contribution in [2.24, 2.45) is 0 Å². The quantitative estimate of drug-likeness (QED) is 0.587. The number of rotatable bonds is 8. The van der Waals surface area contributed by atoms with Crippen molar-refractivity contribution in [2.45, 2.75) is 6.92 Å². The Kier molecular flexibility index (Phi) is 6.74. The number of thioether (sulfide) groups is 1. The number of carbonyl (C=O) groups excluding carboxylic acids is 3. The first-order valence-corrected chi connectivity index (χ1v) is 11.1. The third-order valence-corrected chi connectivity index (χ3v) is 5.82. The van der Waals surface area contributed by atoms with Crippen LogP contribution in [0.3, 0.4) is 0 Å². The number of imide groups is 1. The Labute approximate surface area is 194 Å². The summed E-state index contributed by atoms with van der Waals surface area (Å²) in [6.07, 6.45) is 1.64. The molecule has 0 bridgehead atoms. The van der Waals surface area contributed by atoms with Crippen LogP contribution in [0.2, 0.25) is 0 Å². The van der Waals surface area contributed by atoms with Gasteiger partial charge in [0.15, 0.2) is 23.0 Å². The normalized spacial score (nSPS) is 15.8. The van der Waals surface area contributed by atoms with Gasteiger partial charge in [-0.15, -0.1) is 0 Å². The van der Waals surface area contributed by atoms with Gasteiger partial charge in [-0.2, -0.15) is 0 Å². The zero-order chi connectivity index (χ0) is 23.4. The highest BCUT2D eigenvalue weighted by Gasteiger charge is 2.34. The second-order valence-electron chi connectivity index (χ2n) is 7.00. The lowest BCUT2D eigenvalue weighted by atomic mass is 10.2. The van der Waals surface area contributed by atoms with Crippen LogP contribution in [0.25, 0.3) is 6.08 Å². The Morgan fingerprint density at radius 3 is 2.76 bits per heavy atom. The predicted octanol–water partition coefficient (Wildman–Crippen LogP) is 3.29. The third kappa shape index (κ3) is 4.90. The van der Waals surface area contributed by atoms with Gasteiger partial charge in [0.1, 0.15) is 0 Å². The van der Waals surface area contributed by atoms with Gasteiger partial charge in [0.05, 0.1) is 18.6 Å². The molecule has 0 saturated carbocycles. The van der Waals surface area contributed by atoms with Gasteiger partial charge < -0.3 is 24.3 Å². The summed E-state index contributed by atoms with van der Waals surface area (Å²) in [5, 5.41) is 2.34. The van der Waals surface area contributed by atoms with E-state index in [1.165, 1.54) is 7.11 Å². The highest BCUT2D eigenvalue weighted by atomic mass is 32.2. The number of hydrogen-bond acceptors (Lipinski definition) is 8. The first-order valence-electron chi connectivity index (χ1n) is 10.2. The molecule has 3 amide bonds. The van der Waals surface area contributed by atoms with E-state index < -0.39 is 5.91 Å². The van der Waals surface area contributed by atoms with Gasteiger partial charge >= 0.3 is 0 Å². The van der Waals surface area contributed by atoms with Gasteiger partial charge in [-0.1, -0.05) is 6.07 Å². The molecule has 4 rings (SSSR count). The zero-order valence-electron chi connectivity index (χ0n) is 18.1. The van der Waals surface area contributed by atoms with Crippen LogP contribution in [0.1, 0.15) is 22.8 Å². The molecule has 2 aromatic rings. The molecule has 2 aromatic carbocycles. The van der Waals surface area contributed by atoms with Crippen LogP contribution in [-0.2, 0) is 4.79 Å². The Hall–Kier alpha value is -3.66. The molecule has 0 atom stereocenters. The number of ether oxygens (including phenoxy) is 4. The number of nitrogens with one attached hydrogen (secondary N) is 1. The molecule has 0 radical (unpaired) electrons. The second-order valence-corrected chi connectivity index (χ2v) is 7.99. The molecule has 33 heavy (non-hydrogen) atoms. The minimum atomic E-state index is -0.403. The maximum atomic E-state index is 12.7. The van der Waals surface area contributed by atoms with Gasteiger partial charge in [0.2, 0.25) is 6.79 Å². The van der Waals surface area contributed by atoms with Gasteiger partial charge in [0, 0.05) is 18.7 Å². The summed E-state index contributed by atoms with van der Waals surface area (Å²) in [5.41, 5.74) is 1.11. The van der Waals surface area contributed by atoms with Crippen molar-refractivity contribution in [3.05, 3.63) is 52.4 Å². The van der Waals surface area contributed by atoms with Crippen LogP contribution >= 0.6 is 11.8 Å². The second kappa shape index (κ2) is 9.86. The van der Waals surface area contributed by atoms with E-state index in [1.54, 1.807) is 42.5 Å². The predicted molar refractivity (Wildman–Crippen MR) is 122 cm³/mol. The van der Waals surface area contributed by atoms with E-state index in [0.717, 1.165) is 22.2 Å². The van der Waals surface area contributed by atoms with E-state index in [9.17, 15) is 14.4 Å². The highest BCUT2D eigenvalue weighted by Crippen LogP contribution is 2.36. The van der Waals surface area contributed by atoms with E-state index in [4.69, 9.17) is 18.9 Å². The summed E-state index contributed by atoms with van der Waals surface area (Å²) in [6, 6.07) is 10.1. The van der Waals surface area contributed by atoms with E-state index in [-0.39, 0.29) is 31.0 Å². The van der Waals surface area contributed by atoms with Crippen molar-refractivity contribution in [2.75, 3.05) is 33.6 Å². The topological polar surface area (TPSA) is 103 Å². The smallest absolute Gasteiger partial charge is 0.293 e. The monoisotopic (exact) mass is 470 g/mol. The van der Waals surface area contributed by atoms with Crippen LogP contribution in [0.15, 0.2) is 41.3 Å². The number of hydrogen-bond donors (Lipinski definition) is 1. The zero-order valence-corrected chi connectivity index (χ0v) is 18.9. The highest BCUT2D eigenvalue weighted by molar-refractivity contribution is 8.18. The van der Waals surface area contributed by atoms with E-state index in [2.05, 4.69) is 5.32 Å². The molecule has 9 nitrogen and oxygen atoms in total. The van der Waals surface area contributed by atoms with Gasteiger partial charge in [-0.05, 0) is 60.7 Å². The number of nitrogens with zero attached hydrogens (tertiary/aromatic N) is 1. The van der Waals surface area contributed by atoms with Gasteiger partial charge in [-0.25, -0.2) is 0 Å². The molecule has 172 valence electrons. The van der Waals surface area contributed by atoms with E-state index >= 15 is 0 Å². The molecule has 2 heterocycles. The number of benzene rings is 2. The van der Waals surface area contributed by atoms with E-state index in [1.807, 2.05) is 6.92 Å². The van der Waals surface area contributed by atoms with Crippen LogP contribution in [0.5, 0.6) is 23.0 Å². The summed E-state index contributed by atoms with van der Waals surface area (Å²) in [5.74, 6) is 1.48. The summed E-state index contributed by atoms with van der Waals surface area (Å²) in [4.78, 5) is 39.0. The molecule has 1 fully saturated rings. The average molecular weight is 471 g/mol. The summed E-state index contributed by atoms with van der Waals surface area (Å²) in [7, 11) is 1.52. The number of amides is 3.